The SMILES string of the molecule is CS(=O)(=O)c1cccc(-c2cnn3cc(-c4ccc(C5CCNCC5)cc4)cnc23)c1. The van der Waals surface area contributed by atoms with Crippen LogP contribution in [0.2, 0.25) is 0 Å². The molecule has 0 spiro atoms. The van der Waals surface area contributed by atoms with Crippen LogP contribution in [0.4, 0.5) is 0 Å². The Morgan fingerprint density at radius 1 is 0.968 bits per heavy atom. The number of aromatic nitrogens is 3. The van der Waals surface area contributed by atoms with E-state index in [-0.39, 0.29) is 4.90 Å². The molecule has 158 valence electrons. The predicted molar refractivity (Wildman–Crippen MR) is 122 cm³/mol. The van der Waals surface area contributed by atoms with Crippen LogP contribution in [0.1, 0.15) is 24.3 Å². The van der Waals surface area contributed by atoms with Crippen molar-refractivity contribution in [2.75, 3.05) is 19.3 Å². The maximum absolute atomic E-state index is 11.9. The fourth-order valence-corrected chi connectivity index (χ4v) is 4.89. The molecule has 1 aliphatic heterocycles. The van der Waals surface area contributed by atoms with Crippen molar-refractivity contribution in [1.29, 1.82) is 0 Å². The van der Waals surface area contributed by atoms with Gasteiger partial charge in [-0.25, -0.2) is 17.9 Å². The van der Waals surface area contributed by atoms with Gasteiger partial charge in [0.05, 0.1) is 11.1 Å². The Hall–Kier alpha value is -3.03. The molecule has 3 heterocycles. The molecule has 0 aliphatic carbocycles. The van der Waals surface area contributed by atoms with Crippen LogP contribution < -0.4 is 5.32 Å². The highest BCUT2D eigenvalue weighted by atomic mass is 32.2. The summed E-state index contributed by atoms with van der Waals surface area (Å²) >= 11 is 0. The number of hydrogen-bond acceptors (Lipinski definition) is 5. The Morgan fingerprint density at radius 3 is 2.48 bits per heavy atom. The highest BCUT2D eigenvalue weighted by Crippen LogP contribution is 2.29. The molecule has 1 saturated heterocycles. The van der Waals surface area contributed by atoms with Crippen molar-refractivity contribution in [3.05, 3.63) is 72.7 Å². The minimum absolute atomic E-state index is 0.287. The monoisotopic (exact) mass is 432 g/mol. The van der Waals surface area contributed by atoms with E-state index < -0.39 is 9.84 Å². The molecule has 4 aromatic rings. The van der Waals surface area contributed by atoms with Crippen LogP contribution >= 0.6 is 0 Å². The minimum Gasteiger partial charge on any atom is -0.317 e. The van der Waals surface area contributed by atoms with Crippen LogP contribution in [0.5, 0.6) is 0 Å². The summed E-state index contributed by atoms with van der Waals surface area (Å²) in [6.45, 7) is 2.17. The van der Waals surface area contributed by atoms with Gasteiger partial charge in [0.25, 0.3) is 0 Å². The smallest absolute Gasteiger partial charge is 0.175 e. The number of benzene rings is 2. The molecule has 1 aliphatic rings. The van der Waals surface area contributed by atoms with Crippen LogP contribution in [0, 0.1) is 0 Å². The zero-order chi connectivity index (χ0) is 21.4. The van der Waals surface area contributed by atoms with Gasteiger partial charge in [0, 0.05) is 29.8 Å². The number of fused-ring (bicyclic) bond motifs is 1. The maximum Gasteiger partial charge on any atom is 0.175 e. The summed E-state index contributed by atoms with van der Waals surface area (Å²) in [7, 11) is -3.28. The van der Waals surface area contributed by atoms with Crippen LogP contribution in [-0.2, 0) is 9.84 Å². The summed E-state index contributed by atoms with van der Waals surface area (Å²) in [6.07, 6.45) is 9.12. The van der Waals surface area contributed by atoms with Crippen molar-refractivity contribution in [1.82, 2.24) is 19.9 Å². The second kappa shape index (κ2) is 7.90. The van der Waals surface area contributed by atoms with Gasteiger partial charge in [-0.05, 0) is 60.7 Å². The van der Waals surface area contributed by atoms with E-state index in [2.05, 4.69) is 39.7 Å². The molecule has 2 aromatic heterocycles. The minimum atomic E-state index is -3.28. The number of rotatable bonds is 4. The van der Waals surface area contributed by atoms with E-state index in [4.69, 9.17) is 0 Å². The van der Waals surface area contributed by atoms with Gasteiger partial charge in [-0.1, -0.05) is 36.4 Å². The van der Waals surface area contributed by atoms with Crippen molar-refractivity contribution in [2.45, 2.75) is 23.7 Å². The molecule has 1 N–H and O–H groups in total. The van der Waals surface area contributed by atoms with Crippen molar-refractivity contribution in [3.8, 4) is 22.3 Å². The fourth-order valence-electron chi connectivity index (χ4n) is 4.22. The van der Waals surface area contributed by atoms with Crippen molar-refractivity contribution in [3.63, 3.8) is 0 Å². The van der Waals surface area contributed by atoms with Crippen LogP contribution in [0.3, 0.4) is 0 Å². The summed E-state index contributed by atoms with van der Waals surface area (Å²) < 4.78 is 25.6. The third-order valence-electron chi connectivity index (χ3n) is 5.98. The lowest BCUT2D eigenvalue weighted by molar-refractivity contribution is 0.460. The molecule has 1 fully saturated rings. The van der Waals surface area contributed by atoms with Crippen LogP contribution in [0.15, 0.2) is 72.0 Å². The molecule has 5 rings (SSSR count). The van der Waals surface area contributed by atoms with Crippen molar-refractivity contribution in [2.24, 2.45) is 0 Å². The molecule has 0 bridgehead atoms. The van der Waals surface area contributed by atoms with E-state index in [0.29, 0.717) is 11.6 Å². The quantitative estimate of drug-likeness (QED) is 0.529. The largest absolute Gasteiger partial charge is 0.317 e. The second-order valence-corrected chi connectivity index (χ2v) is 10.1. The first-order chi connectivity index (χ1) is 15.0. The molecule has 0 amide bonds. The molecule has 2 aromatic carbocycles. The van der Waals surface area contributed by atoms with Crippen LogP contribution in [0.25, 0.3) is 27.9 Å². The summed E-state index contributed by atoms with van der Waals surface area (Å²) in [6, 6.07) is 15.6. The number of hydrogen-bond donors (Lipinski definition) is 1. The lowest BCUT2D eigenvalue weighted by Gasteiger charge is -2.23. The standard InChI is InChI=1S/C24H24N4O2S/c1-31(29,30)22-4-2-3-20(13-22)23-15-27-28-16-21(14-26-24(23)28)18-7-5-17(6-8-18)19-9-11-25-12-10-19/h2-8,13-16,19,25H,9-12H2,1H3. The lowest BCUT2D eigenvalue weighted by atomic mass is 9.89. The first kappa shape index (κ1) is 19.9. The second-order valence-electron chi connectivity index (χ2n) is 8.12. The average molecular weight is 433 g/mol. The van der Waals surface area contributed by atoms with E-state index >= 15 is 0 Å². The Bertz CT molecular complexity index is 1340. The summed E-state index contributed by atoms with van der Waals surface area (Å²) in [5, 5.41) is 7.88. The highest BCUT2D eigenvalue weighted by Gasteiger charge is 2.16. The van der Waals surface area contributed by atoms with E-state index in [1.165, 1.54) is 24.7 Å². The van der Waals surface area contributed by atoms with E-state index in [1.807, 2.05) is 18.5 Å². The third kappa shape index (κ3) is 3.98. The Kier molecular flexibility index (Phi) is 5.08. The molecule has 31 heavy (non-hydrogen) atoms. The topological polar surface area (TPSA) is 76.4 Å². The molecular weight excluding hydrogens is 408 g/mol. The Balaban J connectivity index is 1.46. The van der Waals surface area contributed by atoms with E-state index in [1.54, 1.807) is 28.9 Å². The van der Waals surface area contributed by atoms with Gasteiger partial charge >= 0.3 is 0 Å². The normalized spacial score (nSPS) is 15.4. The number of sulfone groups is 1. The van der Waals surface area contributed by atoms with Crippen LogP contribution in [-0.4, -0.2) is 42.4 Å². The van der Waals surface area contributed by atoms with E-state index in [9.17, 15) is 8.42 Å². The first-order valence-corrected chi connectivity index (χ1v) is 12.3. The predicted octanol–water partition coefficient (Wildman–Crippen LogP) is 3.93. The zero-order valence-electron chi connectivity index (χ0n) is 17.3. The number of nitrogens with zero attached hydrogens (tertiary/aromatic N) is 3. The number of piperidine rings is 1. The fraction of sp³-hybridized carbons (Fsp3) is 0.250. The molecule has 0 saturated carbocycles. The molecule has 0 unspecified atom stereocenters. The lowest BCUT2D eigenvalue weighted by Crippen LogP contribution is -2.26. The Labute approximate surface area is 181 Å². The van der Waals surface area contributed by atoms with Gasteiger partial charge in [-0.15, -0.1) is 0 Å². The van der Waals surface area contributed by atoms with Gasteiger partial charge in [-0.3, -0.25) is 0 Å². The van der Waals surface area contributed by atoms with E-state index in [0.717, 1.165) is 35.3 Å². The average Bonchev–Trinajstić information content (AvgIpc) is 3.23. The molecular formula is C24H24N4O2S. The molecule has 7 heteroatoms. The van der Waals surface area contributed by atoms with Gasteiger partial charge in [0.1, 0.15) is 0 Å². The number of nitrogens with one attached hydrogen (secondary N) is 1. The Morgan fingerprint density at radius 2 is 1.74 bits per heavy atom. The van der Waals surface area contributed by atoms with Gasteiger partial charge in [-0.2, -0.15) is 5.10 Å². The van der Waals surface area contributed by atoms with Crippen molar-refractivity contribution >= 4 is 15.5 Å². The first-order valence-electron chi connectivity index (χ1n) is 10.4. The zero-order valence-corrected chi connectivity index (χ0v) is 18.1. The van der Waals surface area contributed by atoms with Gasteiger partial charge < -0.3 is 5.32 Å². The molecule has 0 radical (unpaired) electrons. The third-order valence-corrected chi connectivity index (χ3v) is 7.09. The van der Waals surface area contributed by atoms with Gasteiger partial charge in [0.2, 0.25) is 0 Å². The summed E-state index contributed by atoms with van der Waals surface area (Å²) in [5.74, 6) is 0.632. The van der Waals surface area contributed by atoms with Crippen molar-refractivity contribution < 1.29 is 8.42 Å². The molecule has 6 nitrogen and oxygen atoms in total. The van der Waals surface area contributed by atoms with Gasteiger partial charge in [0.15, 0.2) is 15.5 Å². The summed E-state index contributed by atoms with van der Waals surface area (Å²) in [5.41, 5.74) is 5.77. The maximum atomic E-state index is 11.9. The summed E-state index contributed by atoms with van der Waals surface area (Å²) in [4.78, 5) is 4.93. The molecule has 0 atom stereocenters. The highest BCUT2D eigenvalue weighted by molar-refractivity contribution is 7.90.